The van der Waals surface area contributed by atoms with Crippen LogP contribution >= 0.6 is 0 Å². The van der Waals surface area contributed by atoms with Crippen molar-refractivity contribution in [1.82, 2.24) is 9.21 Å². The number of nitrogens with zero attached hydrogens (tertiary/aromatic N) is 2. The monoisotopic (exact) mass is 603 g/mol. The zero-order chi connectivity index (χ0) is 30.9. The van der Waals surface area contributed by atoms with Crippen LogP contribution in [-0.4, -0.2) is 92.4 Å². The molecule has 0 aliphatic carbocycles. The van der Waals surface area contributed by atoms with Gasteiger partial charge in [0.25, 0.3) is 5.91 Å². The van der Waals surface area contributed by atoms with Crippen molar-refractivity contribution in [2.24, 2.45) is 5.92 Å². The van der Waals surface area contributed by atoms with Crippen molar-refractivity contribution in [2.75, 3.05) is 44.9 Å². The lowest BCUT2D eigenvalue weighted by atomic mass is 10.0. The Hall–Kier alpha value is -2.99. The maximum Gasteiger partial charge on any atom is 0.258 e. The Morgan fingerprint density at radius 3 is 2.55 bits per heavy atom. The first kappa shape index (κ1) is 33.5. The predicted molar refractivity (Wildman–Crippen MR) is 163 cm³/mol. The fourth-order valence-electron chi connectivity index (χ4n) is 4.84. The molecule has 1 aliphatic rings. The number of sulfonamides is 1. The largest absolute Gasteiger partial charge is 0.490 e. The molecule has 2 N–H and O–H groups in total. The van der Waals surface area contributed by atoms with E-state index in [0.29, 0.717) is 18.0 Å². The molecule has 0 saturated heterocycles. The topological polar surface area (TPSA) is 125 Å². The van der Waals surface area contributed by atoms with E-state index in [-0.39, 0.29) is 55.5 Å². The van der Waals surface area contributed by atoms with Crippen LogP contribution in [0.5, 0.6) is 5.75 Å². The molecule has 0 unspecified atom stereocenters. The Bertz CT molecular complexity index is 1290. The predicted octanol–water partition coefficient (Wildman–Crippen LogP) is 3.55. The summed E-state index contributed by atoms with van der Waals surface area (Å²) in [5.41, 5.74) is 1.60. The van der Waals surface area contributed by atoms with E-state index in [0.717, 1.165) is 31.1 Å². The second-order valence-corrected chi connectivity index (χ2v) is 13.4. The summed E-state index contributed by atoms with van der Waals surface area (Å²) in [5.74, 6) is -0.435. The molecule has 11 heteroatoms. The van der Waals surface area contributed by atoms with Crippen molar-refractivity contribution in [2.45, 2.75) is 64.7 Å². The third-order valence-electron chi connectivity index (χ3n) is 7.55. The van der Waals surface area contributed by atoms with Crippen LogP contribution in [0.25, 0.3) is 0 Å². The Balaban J connectivity index is 1.95. The summed E-state index contributed by atoms with van der Waals surface area (Å²) in [6.07, 6.45) is 3.02. The molecule has 0 bridgehead atoms. The molecule has 2 aromatic rings. The second-order valence-electron chi connectivity index (χ2n) is 11.3. The molecule has 3 rings (SSSR count). The lowest BCUT2D eigenvalue weighted by molar-refractivity contribution is -0.115. The van der Waals surface area contributed by atoms with Crippen molar-refractivity contribution in [3.05, 3.63) is 59.7 Å². The highest BCUT2D eigenvalue weighted by Gasteiger charge is 2.31. The number of likely N-dealkylation sites (N-methyl/N-ethyl adjacent to an activating group) is 1. The highest BCUT2D eigenvalue weighted by molar-refractivity contribution is 7.88. The highest BCUT2D eigenvalue weighted by Crippen LogP contribution is 2.28. The summed E-state index contributed by atoms with van der Waals surface area (Å²) in [5, 5.41) is 13.0. The zero-order valence-corrected chi connectivity index (χ0v) is 26.1. The fourth-order valence-corrected chi connectivity index (χ4v) is 5.26. The Morgan fingerprint density at radius 1 is 1.17 bits per heavy atom. The van der Waals surface area contributed by atoms with E-state index in [1.165, 1.54) is 11.4 Å². The SMILES string of the molecule is C[C@H](CO)N1C[C@H](C)[C@@H](CN(C)S(C)(=O)=O)OCCCC[C@H](C)Oc2ccc(NC(=O)Cc3ccccc3)cc2C1=O. The number of carbonyl (C=O) groups excluding carboxylic acids is 2. The molecule has 0 fully saturated rings. The summed E-state index contributed by atoms with van der Waals surface area (Å²) in [6.45, 7) is 6.14. The van der Waals surface area contributed by atoms with E-state index in [4.69, 9.17) is 9.47 Å². The molecular formula is C31H45N3O7S. The van der Waals surface area contributed by atoms with E-state index >= 15 is 0 Å². The van der Waals surface area contributed by atoms with Gasteiger partial charge in [-0.3, -0.25) is 9.59 Å². The molecule has 0 spiro atoms. The minimum atomic E-state index is -3.43. The molecule has 1 aliphatic heterocycles. The Kier molecular flexibility index (Phi) is 12.3. The third kappa shape index (κ3) is 9.79. The first-order valence-corrected chi connectivity index (χ1v) is 16.3. The Morgan fingerprint density at radius 2 is 1.88 bits per heavy atom. The standard InChI is InChI=1S/C31H45N3O7S/c1-22-19-34(23(2)21-35)31(37)27-18-26(32-30(36)17-25-12-7-6-8-13-25)14-15-28(27)41-24(3)11-9-10-16-40-29(22)20-33(4)42(5,38)39/h6-8,12-15,18,22-24,29,35H,9-11,16-17,19-21H2,1-5H3,(H,32,36)/t22-,23+,24-,29+/m0/s1. The molecule has 42 heavy (non-hydrogen) atoms. The number of carbonyl (C=O) groups is 2. The Labute approximate surface area is 250 Å². The minimum Gasteiger partial charge on any atom is -0.490 e. The van der Waals surface area contributed by atoms with Crippen LogP contribution in [-0.2, 0) is 26.0 Å². The quantitative estimate of drug-likeness (QED) is 0.473. The van der Waals surface area contributed by atoms with Crippen molar-refractivity contribution >= 4 is 27.5 Å². The molecule has 1 heterocycles. The highest BCUT2D eigenvalue weighted by atomic mass is 32.2. The maximum absolute atomic E-state index is 14.2. The molecule has 10 nitrogen and oxygen atoms in total. The smallest absolute Gasteiger partial charge is 0.258 e. The molecule has 0 saturated carbocycles. The van der Waals surface area contributed by atoms with Gasteiger partial charge in [0.1, 0.15) is 5.75 Å². The van der Waals surface area contributed by atoms with Crippen LogP contribution in [0.1, 0.15) is 56.0 Å². The van der Waals surface area contributed by atoms with Gasteiger partial charge < -0.3 is 24.8 Å². The number of benzene rings is 2. The summed E-state index contributed by atoms with van der Waals surface area (Å²) < 4.78 is 38.0. The number of rotatable bonds is 8. The lowest BCUT2D eigenvalue weighted by Gasteiger charge is -2.35. The molecule has 2 aromatic carbocycles. The molecule has 0 radical (unpaired) electrons. The van der Waals surface area contributed by atoms with Gasteiger partial charge in [0.2, 0.25) is 15.9 Å². The van der Waals surface area contributed by atoms with E-state index < -0.39 is 22.2 Å². The van der Waals surface area contributed by atoms with Gasteiger partial charge in [-0.15, -0.1) is 0 Å². The van der Waals surface area contributed by atoms with Crippen LogP contribution in [0.15, 0.2) is 48.5 Å². The molecular weight excluding hydrogens is 558 g/mol. The van der Waals surface area contributed by atoms with Crippen LogP contribution < -0.4 is 10.1 Å². The second kappa shape index (κ2) is 15.5. The van der Waals surface area contributed by atoms with Crippen molar-refractivity contribution in [1.29, 1.82) is 0 Å². The molecule has 0 aromatic heterocycles. The number of hydrogen-bond donors (Lipinski definition) is 2. The lowest BCUT2D eigenvalue weighted by Crippen LogP contribution is -2.47. The van der Waals surface area contributed by atoms with E-state index in [1.54, 1.807) is 30.0 Å². The van der Waals surface area contributed by atoms with Crippen LogP contribution in [0, 0.1) is 5.92 Å². The maximum atomic E-state index is 14.2. The number of aliphatic hydroxyl groups is 1. The fraction of sp³-hybridized carbons (Fsp3) is 0.548. The van der Waals surface area contributed by atoms with Gasteiger partial charge in [-0.25, -0.2) is 12.7 Å². The van der Waals surface area contributed by atoms with Gasteiger partial charge in [-0.05, 0) is 56.9 Å². The van der Waals surface area contributed by atoms with Gasteiger partial charge in [0.15, 0.2) is 0 Å². The van der Waals surface area contributed by atoms with Crippen molar-refractivity contribution < 1.29 is 32.6 Å². The normalized spacial score (nSPS) is 21.6. The van der Waals surface area contributed by atoms with Crippen LogP contribution in [0.3, 0.4) is 0 Å². The average Bonchev–Trinajstić information content (AvgIpc) is 2.94. The first-order chi connectivity index (χ1) is 19.9. The van der Waals surface area contributed by atoms with Gasteiger partial charge in [0.05, 0.1) is 43.1 Å². The van der Waals surface area contributed by atoms with Gasteiger partial charge >= 0.3 is 0 Å². The number of nitrogens with one attached hydrogen (secondary N) is 1. The van der Waals surface area contributed by atoms with E-state index in [1.807, 2.05) is 44.2 Å². The molecule has 2 amide bonds. The van der Waals surface area contributed by atoms with Crippen molar-refractivity contribution in [3.63, 3.8) is 0 Å². The average molecular weight is 604 g/mol. The summed E-state index contributed by atoms with van der Waals surface area (Å²) in [6, 6.07) is 13.9. The van der Waals surface area contributed by atoms with Gasteiger partial charge in [0, 0.05) is 38.3 Å². The first-order valence-electron chi connectivity index (χ1n) is 14.5. The number of fused-ring (bicyclic) bond motifs is 1. The van der Waals surface area contributed by atoms with Crippen LogP contribution in [0.2, 0.25) is 0 Å². The number of anilines is 1. The zero-order valence-electron chi connectivity index (χ0n) is 25.3. The minimum absolute atomic E-state index is 0.142. The van der Waals surface area contributed by atoms with Gasteiger partial charge in [-0.1, -0.05) is 37.3 Å². The van der Waals surface area contributed by atoms with E-state index in [9.17, 15) is 23.1 Å². The van der Waals surface area contributed by atoms with Gasteiger partial charge in [-0.2, -0.15) is 0 Å². The third-order valence-corrected chi connectivity index (χ3v) is 8.83. The van der Waals surface area contributed by atoms with E-state index in [2.05, 4.69) is 5.32 Å². The summed E-state index contributed by atoms with van der Waals surface area (Å²) in [7, 11) is -1.92. The molecule has 4 atom stereocenters. The number of aliphatic hydroxyl groups excluding tert-OH is 1. The van der Waals surface area contributed by atoms with Crippen molar-refractivity contribution in [3.8, 4) is 5.75 Å². The van der Waals surface area contributed by atoms with Crippen LogP contribution in [0.4, 0.5) is 5.69 Å². The number of hydrogen-bond acceptors (Lipinski definition) is 7. The summed E-state index contributed by atoms with van der Waals surface area (Å²) >= 11 is 0. The molecule has 232 valence electrons. The summed E-state index contributed by atoms with van der Waals surface area (Å²) in [4.78, 5) is 28.5. The number of ether oxygens (including phenoxy) is 2. The number of amides is 2.